The molecule has 1 atom stereocenters. The van der Waals surface area contributed by atoms with E-state index in [9.17, 15) is 0 Å². The molecule has 0 saturated heterocycles. The zero-order valence-corrected chi connectivity index (χ0v) is 13.3. The fourth-order valence-electron chi connectivity index (χ4n) is 2.04. The highest BCUT2D eigenvalue weighted by Gasteiger charge is 2.08. The van der Waals surface area contributed by atoms with Crippen LogP contribution in [0.4, 0.5) is 0 Å². The molecule has 3 heteroatoms. The number of hydrogen-bond acceptors (Lipinski definition) is 3. The van der Waals surface area contributed by atoms with Crippen molar-refractivity contribution in [3.05, 3.63) is 29.8 Å². The first-order chi connectivity index (χ1) is 9.65. The minimum absolute atomic E-state index is 0.292. The second-order valence-electron chi connectivity index (χ2n) is 5.62. The molecule has 0 fully saturated rings. The van der Waals surface area contributed by atoms with Gasteiger partial charge in [-0.25, -0.2) is 0 Å². The summed E-state index contributed by atoms with van der Waals surface area (Å²) < 4.78 is 11.2. The molecule has 3 nitrogen and oxygen atoms in total. The van der Waals surface area contributed by atoms with E-state index in [1.165, 1.54) is 5.56 Å². The average molecular weight is 279 g/mol. The lowest BCUT2D eigenvalue weighted by molar-refractivity contribution is 0.0345. The summed E-state index contributed by atoms with van der Waals surface area (Å²) in [6.45, 7) is 9.29. The van der Waals surface area contributed by atoms with E-state index >= 15 is 0 Å². The molecule has 1 aromatic rings. The van der Waals surface area contributed by atoms with E-state index in [1.54, 1.807) is 7.11 Å². The van der Waals surface area contributed by atoms with E-state index in [4.69, 9.17) is 9.47 Å². The molecule has 0 amide bonds. The maximum Gasteiger partial charge on any atom is 0.118 e. The highest BCUT2D eigenvalue weighted by molar-refractivity contribution is 5.26. The van der Waals surface area contributed by atoms with Crippen molar-refractivity contribution in [1.82, 2.24) is 5.32 Å². The Bertz CT molecular complexity index is 349. The number of rotatable bonds is 10. The van der Waals surface area contributed by atoms with Crippen molar-refractivity contribution in [3.63, 3.8) is 0 Å². The molecule has 0 spiro atoms. The zero-order chi connectivity index (χ0) is 14.8. The van der Waals surface area contributed by atoms with Gasteiger partial charge in [0.05, 0.1) is 19.8 Å². The summed E-state index contributed by atoms with van der Waals surface area (Å²) in [6.07, 6.45) is 2.54. The van der Waals surface area contributed by atoms with Crippen molar-refractivity contribution in [2.75, 3.05) is 20.2 Å². The number of ether oxygens (including phenoxy) is 2. The van der Waals surface area contributed by atoms with Crippen molar-refractivity contribution in [2.24, 2.45) is 5.92 Å². The normalized spacial score (nSPS) is 12.7. The lowest BCUT2D eigenvalue weighted by Crippen LogP contribution is -2.31. The molecule has 1 N–H and O–H groups in total. The van der Waals surface area contributed by atoms with E-state index < -0.39 is 0 Å². The van der Waals surface area contributed by atoms with E-state index in [0.717, 1.165) is 31.7 Å². The van der Waals surface area contributed by atoms with Crippen LogP contribution in [-0.2, 0) is 11.3 Å². The van der Waals surface area contributed by atoms with Crippen molar-refractivity contribution in [2.45, 2.75) is 46.3 Å². The monoisotopic (exact) mass is 279 g/mol. The highest BCUT2D eigenvalue weighted by atomic mass is 16.5. The first kappa shape index (κ1) is 17.0. The van der Waals surface area contributed by atoms with Crippen LogP contribution in [0.25, 0.3) is 0 Å². The van der Waals surface area contributed by atoms with E-state index in [1.807, 2.05) is 12.1 Å². The average Bonchev–Trinajstić information content (AvgIpc) is 2.45. The summed E-state index contributed by atoms with van der Waals surface area (Å²) in [4.78, 5) is 0. The van der Waals surface area contributed by atoms with Crippen molar-refractivity contribution < 1.29 is 9.47 Å². The minimum atomic E-state index is 0.292. The standard InChI is InChI=1S/C17H29NO2/c1-5-6-17(12-18-11-14(2)3)20-13-15-7-9-16(19-4)10-8-15/h7-10,14,17-18H,5-6,11-13H2,1-4H3. The van der Waals surface area contributed by atoms with Crippen LogP contribution in [0.2, 0.25) is 0 Å². The predicted molar refractivity (Wildman–Crippen MR) is 84.2 cm³/mol. The smallest absolute Gasteiger partial charge is 0.118 e. The van der Waals surface area contributed by atoms with Crippen molar-refractivity contribution in [1.29, 1.82) is 0 Å². The van der Waals surface area contributed by atoms with Crippen LogP contribution in [0.5, 0.6) is 5.75 Å². The Morgan fingerprint density at radius 2 is 1.80 bits per heavy atom. The molecular formula is C17H29NO2. The Hall–Kier alpha value is -1.06. The molecule has 1 aromatic carbocycles. The second kappa shape index (κ2) is 9.78. The van der Waals surface area contributed by atoms with Gasteiger partial charge in [-0.15, -0.1) is 0 Å². The van der Waals surface area contributed by atoms with Gasteiger partial charge in [0.25, 0.3) is 0 Å². The second-order valence-corrected chi connectivity index (χ2v) is 5.62. The molecule has 0 heterocycles. The lowest BCUT2D eigenvalue weighted by atomic mass is 10.2. The summed E-state index contributed by atoms with van der Waals surface area (Å²) in [5.41, 5.74) is 1.19. The molecule has 0 aliphatic heterocycles. The summed E-state index contributed by atoms with van der Waals surface area (Å²) in [5.74, 6) is 1.57. The molecule has 1 unspecified atom stereocenters. The molecule has 0 radical (unpaired) electrons. The van der Waals surface area contributed by atoms with Gasteiger partial charge in [-0.05, 0) is 36.6 Å². The molecule has 0 saturated carbocycles. The number of hydrogen-bond donors (Lipinski definition) is 1. The molecule has 20 heavy (non-hydrogen) atoms. The maximum atomic E-state index is 6.02. The van der Waals surface area contributed by atoms with Gasteiger partial charge in [-0.2, -0.15) is 0 Å². The molecular weight excluding hydrogens is 250 g/mol. The number of methoxy groups -OCH3 is 1. The quantitative estimate of drug-likeness (QED) is 0.709. The van der Waals surface area contributed by atoms with Crippen LogP contribution in [-0.4, -0.2) is 26.3 Å². The SMILES string of the molecule is CCCC(CNCC(C)C)OCc1ccc(OC)cc1. The summed E-state index contributed by atoms with van der Waals surface area (Å²) in [5, 5.41) is 3.48. The van der Waals surface area contributed by atoms with Crippen LogP contribution in [0.15, 0.2) is 24.3 Å². The molecule has 0 aliphatic rings. The van der Waals surface area contributed by atoms with Crippen LogP contribution in [0.3, 0.4) is 0 Å². The van der Waals surface area contributed by atoms with Gasteiger partial charge in [0, 0.05) is 6.54 Å². The Balaban J connectivity index is 2.36. The van der Waals surface area contributed by atoms with Gasteiger partial charge in [0.2, 0.25) is 0 Å². The van der Waals surface area contributed by atoms with Gasteiger partial charge in [-0.3, -0.25) is 0 Å². The molecule has 1 rings (SSSR count). The Labute approximate surface area is 123 Å². The summed E-state index contributed by atoms with van der Waals surface area (Å²) in [6, 6.07) is 8.07. The zero-order valence-electron chi connectivity index (χ0n) is 13.3. The first-order valence-corrected chi connectivity index (χ1v) is 7.61. The molecule has 0 aromatic heterocycles. The van der Waals surface area contributed by atoms with Gasteiger partial charge in [-0.1, -0.05) is 39.3 Å². The van der Waals surface area contributed by atoms with Crippen LogP contribution >= 0.6 is 0 Å². The fraction of sp³-hybridized carbons (Fsp3) is 0.647. The highest BCUT2D eigenvalue weighted by Crippen LogP contribution is 2.13. The predicted octanol–water partition coefficient (Wildman–Crippen LogP) is 3.63. The van der Waals surface area contributed by atoms with E-state index in [0.29, 0.717) is 18.6 Å². The molecule has 0 aliphatic carbocycles. The van der Waals surface area contributed by atoms with E-state index in [-0.39, 0.29) is 0 Å². The number of nitrogens with one attached hydrogen (secondary N) is 1. The largest absolute Gasteiger partial charge is 0.497 e. The third-order valence-corrected chi connectivity index (χ3v) is 3.18. The number of benzene rings is 1. The van der Waals surface area contributed by atoms with Crippen LogP contribution in [0, 0.1) is 5.92 Å². The lowest BCUT2D eigenvalue weighted by Gasteiger charge is -2.19. The van der Waals surface area contributed by atoms with Crippen molar-refractivity contribution in [3.8, 4) is 5.75 Å². The topological polar surface area (TPSA) is 30.5 Å². The summed E-state index contributed by atoms with van der Waals surface area (Å²) in [7, 11) is 1.68. The Morgan fingerprint density at radius 1 is 1.10 bits per heavy atom. The van der Waals surface area contributed by atoms with Crippen LogP contribution in [0.1, 0.15) is 39.2 Å². The maximum absolute atomic E-state index is 6.02. The van der Waals surface area contributed by atoms with Gasteiger partial charge in [0.15, 0.2) is 0 Å². The minimum Gasteiger partial charge on any atom is -0.497 e. The third-order valence-electron chi connectivity index (χ3n) is 3.18. The Kier molecular flexibility index (Phi) is 8.31. The molecule has 0 bridgehead atoms. The first-order valence-electron chi connectivity index (χ1n) is 7.61. The summed E-state index contributed by atoms with van der Waals surface area (Å²) >= 11 is 0. The van der Waals surface area contributed by atoms with Gasteiger partial charge < -0.3 is 14.8 Å². The third kappa shape index (κ3) is 6.92. The van der Waals surface area contributed by atoms with Crippen LogP contribution < -0.4 is 10.1 Å². The molecule has 114 valence electrons. The van der Waals surface area contributed by atoms with E-state index in [2.05, 4.69) is 38.2 Å². The fourth-order valence-corrected chi connectivity index (χ4v) is 2.04. The van der Waals surface area contributed by atoms with Gasteiger partial charge >= 0.3 is 0 Å². The van der Waals surface area contributed by atoms with Gasteiger partial charge in [0.1, 0.15) is 5.75 Å². The van der Waals surface area contributed by atoms with Crippen molar-refractivity contribution >= 4 is 0 Å². The Morgan fingerprint density at radius 3 is 2.35 bits per heavy atom.